The van der Waals surface area contributed by atoms with Gasteiger partial charge in [-0.05, 0) is 49.4 Å². The van der Waals surface area contributed by atoms with Gasteiger partial charge in [0.25, 0.3) is 0 Å². The van der Waals surface area contributed by atoms with Crippen molar-refractivity contribution < 1.29 is 19.4 Å². The van der Waals surface area contributed by atoms with Crippen LogP contribution >= 0.6 is 0 Å². The predicted octanol–water partition coefficient (Wildman–Crippen LogP) is 4.50. The molecule has 0 saturated heterocycles. The Kier molecular flexibility index (Phi) is 4.50. The smallest absolute Gasteiger partial charge is 0.304 e. The molecule has 1 N–H and O–H groups in total. The van der Waals surface area contributed by atoms with Crippen molar-refractivity contribution in [3.8, 4) is 17.6 Å². The monoisotopic (exact) mass is 377 g/mol. The maximum Gasteiger partial charge on any atom is 0.304 e. The molecule has 144 valence electrons. The van der Waals surface area contributed by atoms with Crippen molar-refractivity contribution in [3.05, 3.63) is 58.7 Å². The van der Waals surface area contributed by atoms with Crippen molar-refractivity contribution in [3.63, 3.8) is 0 Å². The molecule has 1 heterocycles. The summed E-state index contributed by atoms with van der Waals surface area (Å²) >= 11 is 0. The van der Waals surface area contributed by atoms with Crippen LogP contribution in [0.4, 0.5) is 0 Å². The molecular formula is C23H23NO4. The van der Waals surface area contributed by atoms with Crippen molar-refractivity contribution in [1.29, 1.82) is 5.26 Å². The largest absolute Gasteiger partial charge is 0.492 e. The highest BCUT2D eigenvalue weighted by atomic mass is 16.5. The van der Waals surface area contributed by atoms with Gasteiger partial charge in [-0.1, -0.05) is 24.3 Å². The van der Waals surface area contributed by atoms with E-state index >= 15 is 0 Å². The molecule has 2 aromatic rings. The first-order chi connectivity index (χ1) is 13.4. The van der Waals surface area contributed by atoms with E-state index < -0.39 is 11.4 Å². The van der Waals surface area contributed by atoms with Crippen LogP contribution in [0.1, 0.15) is 61.0 Å². The Labute approximate surface area is 164 Å². The number of aliphatic carboxylic acids is 1. The summed E-state index contributed by atoms with van der Waals surface area (Å²) in [7, 11) is 0. The number of ether oxygens (including phenoxy) is 2. The molecule has 0 aromatic heterocycles. The number of rotatable bonds is 5. The highest BCUT2D eigenvalue weighted by molar-refractivity contribution is 5.68. The Balaban J connectivity index is 1.56. The number of nitriles is 1. The molecule has 0 amide bonds. The Morgan fingerprint density at radius 3 is 2.89 bits per heavy atom. The van der Waals surface area contributed by atoms with Gasteiger partial charge in [0.2, 0.25) is 0 Å². The molecule has 1 aliphatic carbocycles. The zero-order chi connectivity index (χ0) is 19.9. The average molecular weight is 377 g/mol. The van der Waals surface area contributed by atoms with Crippen molar-refractivity contribution in [2.24, 2.45) is 0 Å². The predicted molar refractivity (Wildman–Crippen MR) is 104 cm³/mol. The molecule has 2 aliphatic rings. The van der Waals surface area contributed by atoms with Crippen molar-refractivity contribution in [2.45, 2.75) is 50.5 Å². The minimum absolute atomic E-state index is 0.0567. The molecule has 0 bridgehead atoms. The lowest BCUT2D eigenvalue weighted by Gasteiger charge is -2.21. The van der Waals surface area contributed by atoms with Gasteiger partial charge in [0.05, 0.1) is 24.5 Å². The zero-order valence-electron chi connectivity index (χ0n) is 16.1. The van der Waals surface area contributed by atoms with Gasteiger partial charge in [0.1, 0.15) is 17.6 Å². The number of benzene rings is 2. The highest BCUT2D eigenvalue weighted by Gasteiger charge is 2.32. The molecule has 0 spiro atoms. The third-order valence-electron chi connectivity index (χ3n) is 5.73. The molecule has 4 rings (SSSR count). The fourth-order valence-electron chi connectivity index (χ4n) is 4.26. The topological polar surface area (TPSA) is 79.5 Å². The summed E-state index contributed by atoms with van der Waals surface area (Å²) in [6.07, 6.45) is 1.77. The van der Waals surface area contributed by atoms with E-state index in [4.69, 9.17) is 14.6 Å². The second kappa shape index (κ2) is 6.87. The molecule has 1 aliphatic heterocycles. The van der Waals surface area contributed by atoms with E-state index in [1.807, 2.05) is 44.2 Å². The Bertz CT molecular complexity index is 973. The van der Waals surface area contributed by atoms with Crippen LogP contribution in [0.5, 0.6) is 11.5 Å². The van der Waals surface area contributed by atoms with Gasteiger partial charge in [0, 0.05) is 17.5 Å². The van der Waals surface area contributed by atoms with E-state index in [-0.39, 0.29) is 18.4 Å². The lowest BCUT2D eigenvalue weighted by Crippen LogP contribution is -2.16. The Morgan fingerprint density at radius 2 is 2.14 bits per heavy atom. The van der Waals surface area contributed by atoms with E-state index in [1.165, 1.54) is 5.56 Å². The first-order valence-corrected chi connectivity index (χ1v) is 9.58. The Morgan fingerprint density at radius 1 is 1.32 bits per heavy atom. The third-order valence-corrected chi connectivity index (χ3v) is 5.73. The summed E-state index contributed by atoms with van der Waals surface area (Å²) in [5.41, 5.74) is 3.84. The van der Waals surface area contributed by atoms with Gasteiger partial charge in [-0.25, -0.2) is 0 Å². The third kappa shape index (κ3) is 3.20. The van der Waals surface area contributed by atoms with Gasteiger partial charge in [-0.3, -0.25) is 4.79 Å². The number of carboxylic acid groups (broad SMARTS) is 1. The fraction of sp³-hybridized carbons (Fsp3) is 0.391. The molecule has 0 fully saturated rings. The van der Waals surface area contributed by atoms with Crippen molar-refractivity contribution >= 4 is 5.97 Å². The summed E-state index contributed by atoms with van der Waals surface area (Å²) in [6.45, 7) is 4.29. The minimum Gasteiger partial charge on any atom is -0.492 e. The maximum atomic E-state index is 11.0. The van der Waals surface area contributed by atoms with Gasteiger partial charge in [-0.2, -0.15) is 5.26 Å². The van der Waals surface area contributed by atoms with Crippen LogP contribution in [0.25, 0.3) is 0 Å². The van der Waals surface area contributed by atoms with Gasteiger partial charge >= 0.3 is 5.97 Å². The van der Waals surface area contributed by atoms with E-state index in [0.717, 1.165) is 35.3 Å². The SMILES string of the molecule is CC(C)(C#N)c1cccc2c1CC[C@H]2Oc1ccc2c(c1)OCC2CC(=O)O. The average Bonchev–Trinajstić information content (AvgIpc) is 3.25. The van der Waals surface area contributed by atoms with Crippen LogP contribution in [-0.2, 0) is 16.6 Å². The fourth-order valence-corrected chi connectivity index (χ4v) is 4.26. The lowest BCUT2D eigenvalue weighted by molar-refractivity contribution is -0.137. The molecule has 2 aromatic carbocycles. The van der Waals surface area contributed by atoms with Crippen molar-refractivity contribution in [2.75, 3.05) is 6.61 Å². The van der Waals surface area contributed by atoms with Crippen LogP contribution < -0.4 is 9.47 Å². The normalized spacial score (nSPS) is 20.0. The summed E-state index contributed by atoms with van der Waals surface area (Å²) in [5, 5.41) is 18.5. The highest BCUT2D eigenvalue weighted by Crippen LogP contribution is 2.42. The second-order valence-corrected chi connectivity index (χ2v) is 8.06. The summed E-state index contributed by atoms with van der Waals surface area (Å²) in [4.78, 5) is 11.0. The van der Waals surface area contributed by atoms with Gasteiger partial charge < -0.3 is 14.6 Å². The first kappa shape index (κ1) is 18.4. The standard InChI is InChI=1S/C23H23NO4/c1-23(2,13-24)19-5-3-4-18-17(19)8-9-20(18)28-15-6-7-16-14(10-22(25)26)12-27-21(16)11-15/h3-7,11,14,20H,8-10,12H2,1-2H3,(H,25,26)/t14?,20-/m1/s1. The van der Waals surface area contributed by atoms with Crippen LogP contribution in [-0.4, -0.2) is 17.7 Å². The number of nitrogens with zero attached hydrogens (tertiary/aromatic N) is 1. The molecule has 5 heteroatoms. The van der Waals surface area contributed by atoms with Crippen molar-refractivity contribution in [1.82, 2.24) is 0 Å². The molecule has 1 unspecified atom stereocenters. The van der Waals surface area contributed by atoms with E-state index in [1.54, 1.807) is 0 Å². The van der Waals surface area contributed by atoms with E-state index in [9.17, 15) is 10.1 Å². The molecule has 0 saturated carbocycles. The Hall–Kier alpha value is -3.00. The molecular weight excluding hydrogens is 354 g/mol. The zero-order valence-corrected chi connectivity index (χ0v) is 16.1. The van der Waals surface area contributed by atoms with Crippen LogP contribution in [0.2, 0.25) is 0 Å². The quantitative estimate of drug-likeness (QED) is 0.830. The van der Waals surface area contributed by atoms with Crippen LogP contribution in [0, 0.1) is 11.3 Å². The van der Waals surface area contributed by atoms with Crippen LogP contribution in [0.3, 0.4) is 0 Å². The first-order valence-electron chi connectivity index (χ1n) is 9.58. The number of carboxylic acids is 1. The molecule has 2 atom stereocenters. The van der Waals surface area contributed by atoms with Gasteiger partial charge in [-0.15, -0.1) is 0 Å². The van der Waals surface area contributed by atoms with E-state index in [0.29, 0.717) is 12.4 Å². The number of hydrogen-bond acceptors (Lipinski definition) is 4. The minimum atomic E-state index is -0.819. The van der Waals surface area contributed by atoms with Crippen LogP contribution in [0.15, 0.2) is 36.4 Å². The summed E-state index contributed by atoms with van der Waals surface area (Å²) < 4.78 is 12.0. The van der Waals surface area contributed by atoms with E-state index in [2.05, 4.69) is 12.1 Å². The summed E-state index contributed by atoms with van der Waals surface area (Å²) in [6, 6.07) is 14.2. The number of hydrogen-bond donors (Lipinski definition) is 1. The molecule has 28 heavy (non-hydrogen) atoms. The summed E-state index contributed by atoms with van der Waals surface area (Å²) in [5.74, 6) is 0.504. The molecule has 5 nitrogen and oxygen atoms in total. The van der Waals surface area contributed by atoms with Gasteiger partial charge in [0.15, 0.2) is 0 Å². The maximum absolute atomic E-state index is 11.0. The lowest BCUT2D eigenvalue weighted by atomic mass is 9.82. The second-order valence-electron chi connectivity index (χ2n) is 8.06. The molecule has 0 radical (unpaired) electrons. The number of fused-ring (bicyclic) bond motifs is 2. The number of carbonyl (C=O) groups is 1.